The zero-order valence-electron chi connectivity index (χ0n) is 24.7. The Morgan fingerprint density at radius 3 is 2.27 bits per heavy atom. The lowest BCUT2D eigenvalue weighted by Crippen LogP contribution is -2.40. The molecule has 2 saturated carbocycles. The third-order valence-electron chi connectivity index (χ3n) is 9.13. The van der Waals surface area contributed by atoms with Crippen LogP contribution in [0, 0.1) is 12.8 Å². The first kappa shape index (κ1) is 29.3. The first-order valence-electron chi connectivity index (χ1n) is 15.3. The number of aromatic nitrogens is 1. The highest BCUT2D eigenvalue weighted by Gasteiger charge is 2.31. The molecular formula is C32H47N3O4S. The van der Waals surface area contributed by atoms with Crippen LogP contribution in [0.5, 0.6) is 0 Å². The second-order valence-corrected chi connectivity index (χ2v) is 14.9. The summed E-state index contributed by atoms with van der Waals surface area (Å²) in [5, 5.41) is 3.25. The van der Waals surface area contributed by atoms with Crippen LogP contribution in [0.15, 0.2) is 29.2 Å². The van der Waals surface area contributed by atoms with E-state index in [-0.39, 0.29) is 23.4 Å². The molecule has 1 saturated heterocycles. The van der Waals surface area contributed by atoms with Gasteiger partial charge in [-0.25, -0.2) is 13.1 Å². The first-order valence-corrected chi connectivity index (χ1v) is 16.8. The summed E-state index contributed by atoms with van der Waals surface area (Å²) in [6.07, 6.45) is 10.8. The second-order valence-electron chi connectivity index (χ2n) is 13.2. The molecule has 2 N–H and O–H groups in total. The van der Waals surface area contributed by atoms with Gasteiger partial charge in [0.15, 0.2) is 0 Å². The van der Waals surface area contributed by atoms with Crippen LogP contribution in [0.1, 0.15) is 107 Å². The van der Waals surface area contributed by atoms with Crippen molar-refractivity contribution < 1.29 is 17.9 Å². The van der Waals surface area contributed by atoms with Crippen molar-refractivity contribution in [3.8, 4) is 11.3 Å². The van der Waals surface area contributed by atoms with Crippen LogP contribution >= 0.6 is 0 Å². The molecule has 3 fully saturated rings. The molecule has 2 aliphatic carbocycles. The van der Waals surface area contributed by atoms with E-state index in [1.807, 2.05) is 18.2 Å². The molecule has 7 nitrogen and oxygen atoms in total. The molecular weight excluding hydrogens is 522 g/mol. The van der Waals surface area contributed by atoms with E-state index in [1.54, 1.807) is 6.07 Å². The number of sulfonamides is 1. The van der Waals surface area contributed by atoms with E-state index in [4.69, 9.17) is 4.74 Å². The predicted molar refractivity (Wildman–Crippen MR) is 159 cm³/mol. The fourth-order valence-corrected chi connectivity index (χ4v) is 8.10. The normalized spacial score (nSPS) is 19.9. The van der Waals surface area contributed by atoms with Crippen molar-refractivity contribution in [3.63, 3.8) is 0 Å². The van der Waals surface area contributed by atoms with Crippen LogP contribution in [0.2, 0.25) is 0 Å². The average molecular weight is 570 g/mol. The van der Waals surface area contributed by atoms with E-state index >= 15 is 0 Å². The monoisotopic (exact) mass is 569 g/mol. The number of nitrogens with one attached hydrogen (secondary N) is 2. The maximum atomic E-state index is 13.5. The van der Waals surface area contributed by atoms with E-state index in [0.29, 0.717) is 29.6 Å². The lowest BCUT2D eigenvalue weighted by molar-refractivity contribution is 0.0696. The van der Waals surface area contributed by atoms with Crippen molar-refractivity contribution in [2.75, 3.05) is 13.2 Å². The molecule has 2 aromatic rings. The molecule has 220 valence electrons. The van der Waals surface area contributed by atoms with Gasteiger partial charge in [0.25, 0.3) is 5.91 Å². The number of ether oxygens (including phenoxy) is 1. The number of rotatable bonds is 8. The minimum atomic E-state index is -3.63. The summed E-state index contributed by atoms with van der Waals surface area (Å²) >= 11 is 0. The van der Waals surface area contributed by atoms with Crippen LogP contribution in [-0.2, 0) is 26.7 Å². The van der Waals surface area contributed by atoms with Crippen molar-refractivity contribution in [3.05, 3.63) is 41.1 Å². The molecule has 40 heavy (non-hydrogen) atoms. The van der Waals surface area contributed by atoms with E-state index in [0.717, 1.165) is 61.2 Å². The molecule has 0 unspecified atom stereocenters. The van der Waals surface area contributed by atoms with Crippen LogP contribution in [0.4, 0.5) is 0 Å². The van der Waals surface area contributed by atoms with Gasteiger partial charge in [-0.15, -0.1) is 0 Å². The summed E-state index contributed by atoms with van der Waals surface area (Å²) in [6.45, 7) is 10.5. The van der Waals surface area contributed by atoms with Crippen molar-refractivity contribution >= 4 is 15.9 Å². The van der Waals surface area contributed by atoms with E-state index in [2.05, 4.69) is 42.3 Å². The highest BCUT2D eigenvalue weighted by molar-refractivity contribution is 7.89. The zero-order valence-corrected chi connectivity index (χ0v) is 25.5. The average Bonchev–Trinajstić information content (AvgIpc) is 3.22. The molecule has 2 heterocycles. The smallest absolute Gasteiger partial charge is 0.253 e. The van der Waals surface area contributed by atoms with Crippen LogP contribution in [0.25, 0.3) is 11.3 Å². The third kappa shape index (κ3) is 6.50. The first-order chi connectivity index (χ1) is 19.0. The molecule has 0 radical (unpaired) electrons. The number of nitrogens with zero attached hydrogens (tertiary/aromatic N) is 1. The van der Waals surface area contributed by atoms with Gasteiger partial charge in [-0.3, -0.25) is 4.79 Å². The number of carbonyl (C=O) groups is 1. The van der Waals surface area contributed by atoms with Gasteiger partial charge >= 0.3 is 0 Å². The summed E-state index contributed by atoms with van der Waals surface area (Å²) in [4.78, 5) is 13.9. The summed E-state index contributed by atoms with van der Waals surface area (Å²) in [5.41, 5.74) is 4.05. The van der Waals surface area contributed by atoms with Gasteiger partial charge in [0.2, 0.25) is 10.0 Å². The van der Waals surface area contributed by atoms with Crippen molar-refractivity contribution in [2.24, 2.45) is 5.92 Å². The Hall–Kier alpha value is -2.16. The molecule has 1 aromatic carbocycles. The number of hydrogen-bond donors (Lipinski definition) is 2. The van der Waals surface area contributed by atoms with Crippen molar-refractivity contribution in [1.29, 1.82) is 0 Å². The second kappa shape index (κ2) is 12.0. The molecule has 1 aromatic heterocycles. The van der Waals surface area contributed by atoms with Crippen molar-refractivity contribution in [1.82, 2.24) is 14.6 Å². The highest BCUT2D eigenvalue weighted by atomic mass is 32.2. The molecule has 0 bridgehead atoms. The zero-order chi connectivity index (χ0) is 28.5. The summed E-state index contributed by atoms with van der Waals surface area (Å²) in [6, 6.07) is 7.93. The van der Waals surface area contributed by atoms with Gasteiger partial charge in [0, 0.05) is 43.2 Å². The molecule has 8 heteroatoms. The van der Waals surface area contributed by atoms with Gasteiger partial charge in [0.05, 0.1) is 10.5 Å². The van der Waals surface area contributed by atoms with Gasteiger partial charge in [-0.1, -0.05) is 52.5 Å². The van der Waals surface area contributed by atoms with Gasteiger partial charge in [-0.05, 0) is 86.1 Å². The van der Waals surface area contributed by atoms with E-state index in [1.165, 1.54) is 32.1 Å². The Labute approximate surface area is 240 Å². The van der Waals surface area contributed by atoms with Gasteiger partial charge in [0.1, 0.15) is 0 Å². The lowest BCUT2D eigenvalue weighted by atomic mass is 9.85. The molecule has 3 aliphatic rings. The maximum absolute atomic E-state index is 13.5. The van der Waals surface area contributed by atoms with E-state index < -0.39 is 10.0 Å². The molecule has 1 aliphatic heterocycles. The minimum absolute atomic E-state index is 0.0321. The maximum Gasteiger partial charge on any atom is 0.253 e. The predicted octanol–water partition coefficient (Wildman–Crippen LogP) is 6.08. The quantitative estimate of drug-likeness (QED) is 0.403. The Balaban J connectivity index is 1.54. The molecule has 0 spiro atoms. The SMILES string of the molecule is Cc1c(C(=O)NC2CCOCC2)cc(-c2ccc(S(=O)(=O)NC3CCC3)c(C(C)(C)C)c2)n1CC1CCCCC1. The Morgan fingerprint density at radius 2 is 1.65 bits per heavy atom. The van der Waals surface area contributed by atoms with Crippen molar-refractivity contribution in [2.45, 2.75) is 121 Å². The highest BCUT2D eigenvalue weighted by Crippen LogP contribution is 2.36. The Kier molecular flexibility index (Phi) is 8.79. The fourth-order valence-electron chi connectivity index (χ4n) is 6.40. The van der Waals surface area contributed by atoms with Gasteiger partial charge < -0.3 is 14.6 Å². The number of amides is 1. The van der Waals surface area contributed by atoms with Gasteiger partial charge in [-0.2, -0.15) is 0 Å². The lowest BCUT2D eigenvalue weighted by Gasteiger charge is -2.29. The summed E-state index contributed by atoms with van der Waals surface area (Å²) in [5.74, 6) is 0.548. The van der Waals surface area contributed by atoms with Crippen LogP contribution < -0.4 is 10.0 Å². The largest absolute Gasteiger partial charge is 0.381 e. The van der Waals surface area contributed by atoms with E-state index in [9.17, 15) is 13.2 Å². The number of hydrogen-bond acceptors (Lipinski definition) is 4. The van der Waals surface area contributed by atoms with Crippen LogP contribution in [0.3, 0.4) is 0 Å². The Bertz CT molecular complexity index is 1310. The summed E-state index contributed by atoms with van der Waals surface area (Å²) in [7, 11) is -3.63. The third-order valence-corrected chi connectivity index (χ3v) is 10.7. The molecule has 5 rings (SSSR count). The fraction of sp³-hybridized carbons (Fsp3) is 0.656. The van der Waals surface area contributed by atoms with Crippen LogP contribution in [-0.4, -0.2) is 44.2 Å². The Morgan fingerprint density at radius 1 is 0.950 bits per heavy atom. The molecule has 1 amide bonds. The molecule has 0 atom stereocenters. The number of benzene rings is 1. The number of carbonyl (C=O) groups excluding carboxylic acids is 1. The topological polar surface area (TPSA) is 89.4 Å². The minimum Gasteiger partial charge on any atom is -0.381 e. The summed E-state index contributed by atoms with van der Waals surface area (Å²) < 4.78 is 37.6. The standard InChI is InChI=1S/C32H47N3O4S/c1-22-27(31(36)33-25-15-17-39-18-16-25)20-29(35(22)21-23-9-6-5-7-10-23)24-13-14-30(28(19-24)32(2,3)4)40(37,38)34-26-11-8-12-26/h13-14,19-20,23,25-26,34H,5-12,15-18,21H2,1-4H3,(H,33,36).